The Balaban J connectivity index is 1.20. The summed E-state index contributed by atoms with van der Waals surface area (Å²) in [5.74, 6) is 2.25. The van der Waals surface area contributed by atoms with Crippen molar-refractivity contribution in [1.29, 1.82) is 0 Å². The maximum Gasteiger partial charge on any atom is 0.233 e. The first-order chi connectivity index (χ1) is 13.3. The minimum atomic E-state index is 0.544. The van der Waals surface area contributed by atoms with Gasteiger partial charge in [0.25, 0.3) is 0 Å². The molecule has 0 atom stereocenters. The molecule has 0 spiro atoms. The number of aromatic nitrogens is 5. The van der Waals surface area contributed by atoms with Crippen molar-refractivity contribution in [1.82, 2.24) is 24.8 Å². The molecule has 2 aliphatic rings. The molecule has 1 saturated heterocycles. The molecule has 0 radical (unpaired) electrons. The minimum Gasteiger partial charge on any atom is -0.476 e. The summed E-state index contributed by atoms with van der Waals surface area (Å²) < 4.78 is 7.88. The predicted molar refractivity (Wildman–Crippen MR) is 102 cm³/mol. The molecule has 0 N–H and O–H groups in total. The van der Waals surface area contributed by atoms with Gasteiger partial charge < -0.3 is 9.64 Å². The van der Waals surface area contributed by atoms with E-state index in [9.17, 15) is 0 Å². The summed E-state index contributed by atoms with van der Waals surface area (Å²) >= 11 is 0. The number of hydrogen-bond acceptors (Lipinski definition) is 6. The van der Waals surface area contributed by atoms with Crippen LogP contribution in [0.15, 0.2) is 24.5 Å². The van der Waals surface area contributed by atoms with Crippen LogP contribution >= 0.6 is 0 Å². The first-order valence-electron chi connectivity index (χ1n) is 9.80. The van der Waals surface area contributed by atoms with Crippen LogP contribution < -0.4 is 9.64 Å². The standard InChI is InChI=1S/C20H24N6O/c1-14-11-18-20(21-7-10-26(18)24-14)25-8-5-15(6-9-25)13-27-19-12-16-3-2-4-17(16)22-23-19/h7,10-12,15H,2-6,8-9,13H2,1H3. The average molecular weight is 364 g/mol. The Kier molecular flexibility index (Phi) is 4.14. The summed E-state index contributed by atoms with van der Waals surface area (Å²) in [5, 5.41) is 13.0. The van der Waals surface area contributed by atoms with Gasteiger partial charge in [-0.1, -0.05) is 0 Å². The Labute approximate surface area is 158 Å². The van der Waals surface area contributed by atoms with E-state index in [1.54, 1.807) is 0 Å². The molecule has 1 aliphatic carbocycles. The zero-order chi connectivity index (χ0) is 18.2. The van der Waals surface area contributed by atoms with E-state index in [4.69, 9.17) is 4.74 Å². The molecule has 1 aliphatic heterocycles. The number of piperidine rings is 1. The summed E-state index contributed by atoms with van der Waals surface area (Å²) in [7, 11) is 0. The van der Waals surface area contributed by atoms with E-state index in [-0.39, 0.29) is 0 Å². The Morgan fingerprint density at radius 3 is 2.93 bits per heavy atom. The maximum absolute atomic E-state index is 5.96. The molecule has 27 heavy (non-hydrogen) atoms. The van der Waals surface area contributed by atoms with Crippen molar-refractivity contribution < 1.29 is 4.74 Å². The summed E-state index contributed by atoms with van der Waals surface area (Å²) in [4.78, 5) is 6.97. The van der Waals surface area contributed by atoms with Crippen LogP contribution in [0, 0.1) is 12.8 Å². The third-order valence-electron chi connectivity index (χ3n) is 5.67. The monoisotopic (exact) mass is 364 g/mol. The molecule has 7 nitrogen and oxygen atoms in total. The van der Waals surface area contributed by atoms with E-state index >= 15 is 0 Å². The molecular formula is C20H24N6O. The van der Waals surface area contributed by atoms with Crippen molar-refractivity contribution in [3.05, 3.63) is 41.5 Å². The highest BCUT2D eigenvalue weighted by molar-refractivity contribution is 5.69. The molecule has 1 fully saturated rings. The van der Waals surface area contributed by atoms with Crippen LogP contribution in [0.5, 0.6) is 5.88 Å². The second-order valence-corrected chi connectivity index (χ2v) is 7.62. The molecule has 0 aromatic carbocycles. The van der Waals surface area contributed by atoms with Crippen molar-refractivity contribution in [2.45, 2.75) is 39.0 Å². The lowest BCUT2D eigenvalue weighted by Gasteiger charge is -2.32. The molecule has 0 unspecified atom stereocenters. The van der Waals surface area contributed by atoms with E-state index in [1.807, 2.05) is 23.8 Å². The summed E-state index contributed by atoms with van der Waals surface area (Å²) in [6.45, 7) is 4.70. The molecular weight excluding hydrogens is 340 g/mol. The van der Waals surface area contributed by atoms with Gasteiger partial charge in [-0.25, -0.2) is 9.50 Å². The number of anilines is 1. The lowest BCUT2D eigenvalue weighted by molar-refractivity contribution is 0.214. The number of rotatable bonds is 4. The molecule has 7 heteroatoms. The fourth-order valence-corrected chi connectivity index (χ4v) is 4.17. The zero-order valence-corrected chi connectivity index (χ0v) is 15.6. The zero-order valence-electron chi connectivity index (χ0n) is 15.6. The van der Waals surface area contributed by atoms with Crippen molar-refractivity contribution >= 4 is 11.3 Å². The third-order valence-corrected chi connectivity index (χ3v) is 5.67. The maximum atomic E-state index is 5.96. The van der Waals surface area contributed by atoms with Crippen LogP contribution in [0.4, 0.5) is 5.82 Å². The Morgan fingerprint density at radius 2 is 2.04 bits per heavy atom. The molecule has 4 heterocycles. The van der Waals surface area contributed by atoms with E-state index < -0.39 is 0 Å². The molecule has 0 saturated carbocycles. The van der Waals surface area contributed by atoms with Crippen molar-refractivity contribution in [2.75, 3.05) is 24.6 Å². The van der Waals surface area contributed by atoms with E-state index in [2.05, 4.69) is 37.3 Å². The summed E-state index contributed by atoms with van der Waals surface area (Å²) in [6, 6.07) is 4.18. The van der Waals surface area contributed by atoms with Crippen molar-refractivity contribution in [3.63, 3.8) is 0 Å². The fourth-order valence-electron chi connectivity index (χ4n) is 4.17. The fraction of sp³-hybridized carbons (Fsp3) is 0.500. The number of hydrogen-bond donors (Lipinski definition) is 0. The quantitative estimate of drug-likeness (QED) is 0.709. The highest BCUT2D eigenvalue weighted by atomic mass is 16.5. The molecule has 3 aromatic rings. The van der Waals surface area contributed by atoms with E-state index in [1.165, 1.54) is 12.0 Å². The summed E-state index contributed by atoms with van der Waals surface area (Å²) in [5.41, 5.74) is 4.55. The minimum absolute atomic E-state index is 0.544. The normalized spacial score (nSPS) is 17.4. The number of aryl methyl sites for hydroxylation is 3. The van der Waals surface area contributed by atoms with Gasteiger partial charge >= 0.3 is 0 Å². The van der Waals surface area contributed by atoms with Crippen LogP contribution in [0.3, 0.4) is 0 Å². The first-order valence-corrected chi connectivity index (χ1v) is 9.80. The molecule has 140 valence electrons. The Morgan fingerprint density at radius 1 is 1.15 bits per heavy atom. The second-order valence-electron chi connectivity index (χ2n) is 7.62. The second kappa shape index (κ2) is 6.79. The Hall–Kier alpha value is -2.70. The first kappa shape index (κ1) is 16.5. The lowest BCUT2D eigenvalue weighted by Crippen LogP contribution is -2.36. The SMILES string of the molecule is Cc1cc2c(N3CCC(COc4cc5c(nn4)CCC5)CC3)nccn2n1. The van der Waals surface area contributed by atoms with E-state index in [0.29, 0.717) is 18.4 Å². The van der Waals surface area contributed by atoms with Gasteiger partial charge in [-0.3, -0.25) is 0 Å². The number of ether oxygens (including phenoxy) is 1. The smallest absolute Gasteiger partial charge is 0.233 e. The van der Waals surface area contributed by atoms with Gasteiger partial charge in [-0.2, -0.15) is 10.2 Å². The number of fused-ring (bicyclic) bond motifs is 2. The van der Waals surface area contributed by atoms with Crippen molar-refractivity contribution in [2.24, 2.45) is 5.92 Å². The van der Waals surface area contributed by atoms with Crippen LogP contribution in [-0.2, 0) is 12.8 Å². The summed E-state index contributed by atoms with van der Waals surface area (Å²) in [6.07, 6.45) is 9.26. The van der Waals surface area contributed by atoms with Crippen LogP contribution in [-0.4, -0.2) is 44.5 Å². The van der Waals surface area contributed by atoms with Gasteiger partial charge in [0.2, 0.25) is 5.88 Å². The van der Waals surface area contributed by atoms with E-state index in [0.717, 1.165) is 61.5 Å². The van der Waals surface area contributed by atoms with Crippen LogP contribution in [0.25, 0.3) is 5.52 Å². The van der Waals surface area contributed by atoms with Crippen molar-refractivity contribution in [3.8, 4) is 5.88 Å². The van der Waals surface area contributed by atoms with Gasteiger partial charge in [-0.15, -0.1) is 5.10 Å². The largest absolute Gasteiger partial charge is 0.476 e. The van der Waals surface area contributed by atoms with Gasteiger partial charge in [0.1, 0.15) is 5.52 Å². The van der Waals surface area contributed by atoms with Crippen LogP contribution in [0.1, 0.15) is 36.2 Å². The number of nitrogens with zero attached hydrogens (tertiary/aromatic N) is 6. The van der Waals surface area contributed by atoms with Gasteiger partial charge in [-0.05, 0) is 56.6 Å². The topological polar surface area (TPSA) is 68.4 Å². The lowest BCUT2D eigenvalue weighted by atomic mass is 9.98. The average Bonchev–Trinajstić information content (AvgIpc) is 3.31. The van der Waals surface area contributed by atoms with Gasteiger partial charge in [0.05, 0.1) is 18.0 Å². The van der Waals surface area contributed by atoms with Gasteiger partial charge in [0, 0.05) is 31.5 Å². The Bertz CT molecular complexity index is 960. The highest BCUT2D eigenvalue weighted by Gasteiger charge is 2.23. The molecule has 3 aromatic heterocycles. The van der Waals surface area contributed by atoms with Gasteiger partial charge in [0.15, 0.2) is 5.82 Å². The molecule has 0 amide bonds. The van der Waals surface area contributed by atoms with Crippen LogP contribution in [0.2, 0.25) is 0 Å². The highest BCUT2D eigenvalue weighted by Crippen LogP contribution is 2.27. The predicted octanol–water partition coefficient (Wildman–Crippen LogP) is 2.61. The molecule has 5 rings (SSSR count). The third kappa shape index (κ3) is 3.22. The molecule has 0 bridgehead atoms.